The summed E-state index contributed by atoms with van der Waals surface area (Å²) in [5.41, 5.74) is 8.32. The fourth-order valence-electron chi connectivity index (χ4n) is 3.36. The molecule has 1 heterocycles. The third kappa shape index (κ3) is 2.16. The fraction of sp³-hybridized carbons (Fsp3) is 0.533. The number of imidazole rings is 1. The van der Waals surface area contributed by atoms with Gasteiger partial charge in [0.25, 0.3) is 0 Å². The topological polar surface area (TPSA) is 43.8 Å². The first kappa shape index (κ1) is 13.0. The van der Waals surface area contributed by atoms with E-state index >= 15 is 0 Å². The summed E-state index contributed by atoms with van der Waals surface area (Å²) in [7, 11) is 0. The van der Waals surface area contributed by atoms with Gasteiger partial charge in [0.1, 0.15) is 0 Å². The Morgan fingerprint density at radius 2 is 2.11 bits per heavy atom. The molecule has 3 rings (SSSR count). The first-order chi connectivity index (χ1) is 9.08. The standard InChI is InChI=1S/C15H20BrN3/c1-9-4-3-5-13(10(9)2)19-14-7-6-11(16)8-12(14)18-15(19)17/h6-10,13H,3-5H2,1-2H3,(H2,17,18). The summed E-state index contributed by atoms with van der Waals surface area (Å²) in [5, 5.41) is 0. The highest BCUT2D eigenvalue weighted by Gasteiger charge is 2.30. The zero-order valence-corrected chi connectivity index (χ0v) is 13.0. The Kier molecular flexibility index (Phi) is 3.29. The van der Waals surface area contributed by atoms with Crippen molar-refractivity contribution in [3.05, 3.63) is 22.7 Å². The molecule has 0 bridgehead atoms. The Labute approximate surface area is 122 Å². The molecule has 3 atom stereocenters. The predicted molar refractivity (Wildman–Crippen MR) is 83.1 cm³/mol. The minimum atomic E-state index is 0.481. The van der Waals surface area contributed by atoms with Crippen LogP contribution in [0.1, 0.15) is 39.2 Å². The van der Waals surface area contributed by atoms with Crippen LogP contribution in [0.3, 0.4) is 0 Å². The van der Waals surface area contributed by atoms with E-state index in [2.05, 4.69) is 51.5 Å². The second-order valence-corrected chi connectivity index (χ2v) is 6.72. The Morgan fingerprint density at radius 3 is 2.89 bits per heavy atom. The predicted octanol–water partition coefficient (Wildman–Crippen LogP) is 4.38. The lowest BCUT2D eigenvalue weighted by Crippen LogP contribution is -2.27. The summed E-state index contributed by atoms with van der Waals surface area (Å²) in [6.45, 7) is 4.70. The van der Waals surface area contributed by atoms with Crippen LogP contribution in [0.5, 0.6) is 0 Å². The Bertz CT molecular complexity index is 605. The molecule has 1 saturated carbocycles. The van der Waals surface area contributed by atoms with Crippen molar-refractivity contribution in [3.8, 4) is 0 Å². The van der Waals surface area contributed by atoms with Gasteiger partial charge in [-0.2, -0.15) is 0 Å². The van der Waals surface area contributed by atoms with Crippen LogP contribution in [0, 0.1) is 11.8 Å². The van der Waals surface area contributed by atoms with Gasteiger partial charge in [-0.15, -0.1) is 0 Å². The van der Waals surface area contributed by atoms with E-state index in [-0.39, 0.29) is 0 Å². The average Bonchev–Trinajstić information content (AvgIpc) is 2.68. The van der Waals surface area contributed by atoms with Gasteiger partial charge in [0.15, 0.2) is 0 Å². The molecular weight excluding hydrogens is 302 g/mol. The van der Waals surface area contributed by atoms with Crippen LogP contribution in [0.4, 0.5) is 5.95 Å². The van der Waals surface area contributed by atoms with E-state index in [1.165, 1.54) is 19.3 Å². The van der Waals surface area contributed by atoms with Gasteiger partial charge in [-0.3, -0.25) is 0 Å². The van der Waals surface area contributed by atoms with E-state index in [9.17, 15) is 0 Å². The number of aromatic nitrogens is 2. The van der Waals surface area contributed by atoms with Crippen LogP contribution in [0.2, 0.25) is 0 Å². The van der Waals surface area contributed by atoms with Crippen molar-refractivity contribution in [2.24, 2.45) is 11.8 Å². The van der Waals surface area contributed by atoms with Crippen LogP contribution in [0.25, 0.3) is 11.0 Å². The first-order valence-corrected chi connectivity index (χ1v) is 7.80. The van der Waals surface area contributed by atoms with Crippen LogP contribution < -0.4 is 5.73 Å². The summed E-state index contributed by atoms with van der Waals surface area (Å²) in [6.07, 6.45) is 3.82. The van der Waals surface area contributed by atoms with Crippen LogP contribution in [-0.4, -0.2) is 9.55 Å². The minimum absolute atomic E-state index is 0.481. The number of halogens is 1. The maximum Gasteiger partial charge on any atom is 0.201 e. The van der Waals surface area contributed by atoms with Gasteiger partial charge >= 0.3 is 0 Å². The molecule has 2 aromatic rings. The molecule has 0 amide bonds. The van der Waals surface area contributed by atoms with Gasteiger partial charge < -0.3 is 10.3 Å². The van der Waals surface area contributed by atoms with Crippen molar-refractivity contribution in [2.45, 2.75) is 39.2 Å². The van der Waals surface area contributed by atoms with Gasteiger partial charge in [0.05, 0.1) is 11.0 Å². The van der Waals surface area contributed by atoms with E-state index in [1.807, 2.05) is 6.07 Å². The van der Waals surface area contributed by atoms with E-state index < -0.39 is 0 Å². The first-order valence-electron chi connectivity index (χ1n) is 7.01. The molecule has 1 aliphatic rings. The number of hydrogen-bond donors (Lipinski definition) is 1. The van der Waals surface area contributed by atoms with Crippen molar-refractivity contribution in [1.82, 2.24) is 9.55 Å². The number of anilines is 1. The van der Waals surface area contributed by atoms with Gasteiger partial charge in [-0.25, -0.2) is 4.98 Å². The van der Waals surface area contributed by atoms with E-state index in [4.69, 9.17) is 5.73 Å². The molecule has 0 saturated heterocycles. The van der Waals surface area contributed by atoms with Crippen LogP contribution >= 0.6 is 15.9 Å². The van der Waals surface area contributed by atoms with E-state index in [0.717, 1.165) is 21.4 Å². The van der Waals surface area contributed by atoms with Gasteiger partial charge in [-0.1, -0.05) is 42.6 Å². The summed E-state index contributed by atoms with van der Waals surface area (Å²) in [6, 6.07) is 6.71. The second-order valence-electron chi connectivity index (χ2n) is 5.81. The third-order valence-corrected chi connectivity index (χ3v) is 5.17. The average molecular weight is 322 g/mol. The highest BCUT2D eigenvalue weighted by atomic mass is 79.9. The summed E-state index contributed by atoms with van der Waals surface area (Å²) in [5.74, 6) is 2.06. The largest absolute Gasteiger partial charge is 0.369 e. The third-order valence-electron chi connectivity index (χ3n) is 4.67. The van der Waals surface area contributed by atoms with E-state index in [0.29, 0.717) is 17.9 Å². The van der Waals surface area contributed by atoms with Gasteiger partial charge in [0.2, 0.25) is 5.95 Å². The minimum Gasteiger partial charge on any atom is -0.369 e. The quantitative estimate of drug-likeness (QED) is 0.847. The van der Waals surface area contributed by atoms with Crippen molar-refractivity contribution < 1.29 is 0 Å². The monoisotopic (exact) mass is 321 g/mol. The molecule has 0 radical (unpaired) electrons. The molecule has 19 heavy (non-hydrogen) atoms. The molecule has 3 unspecified atom stereocenters. The normalized spacial score (nSPS) is 27.8. The smallest absolute Gasteiger partial charge is 0.201 e. The van der Waals surface area contributed by atoms with E-state index in [1.54, 1.807) is 0 Å². The number of hydrogen-bond acceptors (Lipinski definition) is 2. The molecular formula is C15H20BrN3. The Hall–Kier alpha value is -1.03. The molecule has 1 aliphatic carbocycles. The number of benzene rings is 1. The zero-order chi connectivity index (χ0) is 13.6. The summed E-state index contributed by atoms with van der Waals surface area (Å²) < 4.78 is 3.30. The summed E-state index contributed by atoms with van der Waals surface area (Å²) >= 11 is 3.49. The highest BCUT2D eigenvalue weighted by Crippen LogP contribution is 2.40. The number of nitrogen functional groups attached to an aromatic ring is 1. The number of nitrogens with zero attached hydrogens (tertiary/aromatic N) is 2. The lowest BCUT2D eigenvalue weighted by molar-refractivity contribution is 0.191. The maximum atomic E-state index is 6.18. The van der Waals surface area contributed by atoms with Crippen molar-refractivity contribution >= 4 is 32.9 Å². The zero-order valence-electron chi connectivity index (χ0n) is 11.4. The lowest BCUT2D eigenvalue weighted by Gasteiger charge is -2.35. The highest BCUT2D eigenvalue weighted by molar-refractivity contribution is 9.10. The SMILES string of the molecule is CC1CCCC(n2c(N)nc3cc(Br)ccc32)C1C. The van der Waals surface area contributed by atoms with Crippen molar-refractivity contribution in [2.75, 3.05) is 5.73 Å². The molecule has 1 fully saturated rings. The molecule has 1 aromatic carbocycles. The Balaban J connectivity index is 2.11. The molecule has 2 N–H and O–H groups in total. The second kappa shape index (κ2) is 4.82. The van der Waals surface area contributed by atoms with Crippen molar-refractivity contribution in [3.63, 3.8) is 0 Å². The maximum absolute atomic E-state index is 6.18. The number of nitrogens with two attached hydrogens (primary N) is 1. The molecule has 1 aromatic heterocycles. The van der Waals surface area contributed by atoms with Crippen LogP contribution in [0.15, 0.2) is 22.7 Å². The van der Waals surface area contributed by atoms with Crippen molar-refractivity contribution in [1.29, 1.82) is 0 Å². The van der Waals surface area contributed by atoms with Gasteiger partial charge in [0, 0.05) is 10.5 Å². The molecule has 0 spiro atoms. The summed E-state index contributed by atoms with van der Waals surface area (Å²) in [4.78, 5) is 4.52. The molecule has 0 aliphatic heterocycles. The van der Waals surface area contributed by atoms with Gasteiger partial charge in [-0.05, 0) is 36.5 Å². The lowest BCUT2D eigenvalue weighted by atomic mass is 9.78. The fourth-order valence-corrected chi connectivity index (χ4v) is 3.71. The number of rotatable bonds is 1. The molecule has 3 nitrogen and oxygen atoms in total. The molecule has 4 heteroatoms. The molecule has 102 valence electrons. The number of fused-ring (bicyclic) bond motifs is 1. The van der Waals surface area contributed by atoms with Crippen LogP contribution in [-0.2, 0) is 0 Å². The Morgan fingerprint density at radius 1 is 1.32 bits per heavy atom.